The number of ether oxygens (including phenoxy) is 1. The third-order valence-corrected chi connectivity index (χ3v) is 9.32. The highest BCUT2D eigenvalue weighted by molar-refractivity contribution is 7.89. The van der Waals surface area contributed by atoms with Gasteiger partial charge in [-0.15, -0.1) is 0 Å². The van der Waals surface area contributed by atoms with Gasteiger partial charge >= 0.3 is 0 Å². The molecule has 0 aromatic heterocycles. The van der Waals surface area contributed by atoms with Crippen LogP contribution in [0.5, 0.6) is 5.75 Å². The Labute approximate surface area is 252 Å². The smallest absolute Gasteiger partial charge is 0.257 e. The van der Waals surface area contributed by atoms with E-state index in [9.17, 15) is 13.2 Å². The van der Waals surface area contributed by atoms with E-state index < -0.39 is 10.0 Å². The van der Waals surface area contributed by atoms with Crippen molar-refractivity contribution in [1.29, 1.82) is 0 Å². The van der Waals surface area contributed by atoms with Gasteiger partial charge in [0.2, 0.25) is 10.0 Å². The normalized spacial score (nSPS) is 14.3. The maximum Gasteiger partial charge on any atom is 0.257 e. The van der Waals surface area contributed by atoms with Crippen molar-refractivity contribution in [3.8, 4) is 5.75 Å². The molecule has 1 amide bonds. The Morgan fingerprint density at radius 3 is 1.86 bits per heavy atom. The first-order chi connectivity index (χ1) is 20.3. The minimum atomic E-state index is -3.68. The molecule has 0 atom stereocenters. The number of hydrogen-bond donors (Lipinski definition) is 2. The fourth-order valence-electron chi connectivity index (χ4n) is 5.03. The van der Waals surface area contributed by atoms with E-state index in [1.165, 1.54) is 11.1 Å². The number of thiocarbonyl (C=S) groups is 1. The summed E-state index contributed by atoms with van der Waals surface area (Å²) in [4.78, 5) is 15.0. The van der Waals surface area contributed by atoms with Crippen LogP contribution in [0.25, 0.3) is 0 Å². The molecule has 5 rings (SSSR count). The Morgan fingerprint density at radius 1 is 0.786 bits per heavy atom. The predicted molar refractivity (Wildman–Crippen MR) is 168 cm³/mol. The first-order valence-corrected chi connectivity index (χ1v) is 15.4. The number of nitrogens with one attached hydrogen (secondary N) is 2. The topological polar surface area (TPSA) is 91.0 Å². The third kappa shape index (κ3) is 6.85. The van der Waals surface area contributed by atoms with Crippen LogP contribution < -0.4 is 15.4 Å². The molecule has 1 fully saturated rings. The summed E-state index contributed by atoms with van der Waals surface area (Å²) in [7, 11) is -2.13. The molecule has 1 heterocycles. The lowest BCUT2D eigenvalue weighted by Gasteiger charge is -2.39. The molecule has 1 aliphatic heterocycles. The maximum absolute atomic E-state index is 13.5. The molecule has 0 radical (unpaired) electrons. The van der Waals surface area contributed by atoms with Crippen LogP contribution in [-0.2, 0) is 10.0 Å². The minimum Gasteiger partial charge on any atom is -0.497 e. The second-order valence-corrected chi connectivity index (χ2v) is 12.2. The zero-order valence-electron chi connectivity index (χ0n) is 23.1. The van der Waals surface area contributed by atoms with Gasteiger partial charge in [0.1, 0.15) is 5.75 Å². The van der Waals surface area contributed by atoms with Crippen LogP contribution in [0.1, 0.15) is 27.5 Å². The monoisotopic (exact) mass is 600 g/mol. The summed E-state index contributed by atoms with van der Waals surface area (Å²) in [6, 6.07) is 33.7. The number of anilines is 1. The van der Waals surface area contributed by atoms with Gasteiger partial charge in [0.15, 0.2) is 5.11 Å². The lowest BCUT2D eigenvalue weighted by molar-refractivity contribution is 0.0977. The largest absolute Gasteiger partial charge is 0.497 e. The van der Waals surface area contributed by atoms with Crippen molar-refractivity contribution in [2.45, 2.75) is 10.9 Å². The van der Waals surface area contributed by atoms with Crippen LogP contribution in [0.15, 0.2) is 114 Å². The molecule has 4 aromatic rings. The van der Waals surface area contributed by atoms with Gasteiger partial charge in [-0.25, -0.2) is 8.42 Å². The van der Waals surface area contributed by atoms with Crippen LogP contribution in [0.3, 0.4) is 0 Å². The van der Waals surface area contributed by atoms with Gasteiger partial charge in [-0.2, -0.15) is 4.31 Å². The first kappa shape index (κ1) is 29.4. The van der Waals surface area contributed by atoms with Gasteiger partial charge < -0.3 is 10.1 Å². The van der Waals surface area contributed by atoms with Crippen LogP contribution >= 0.6 is 12.2 Å². The Balaban J connectivity index is 1.20. The number of carbonyl (C=O) groups excluding carboxylic acids is 1. The highest BCUT2D eigenvalue weighted by atomic mass is 32.2. The molecule has 0 aliphatic carbocycles. The number of benzene rings is 4. The molecule has 10 heteroatoms. The molecule has 42 heavy (non-hydrogen) atoms. The van der Waals surface area contributed by atoms with E-state index in [1.807, 2.05) is 36.4 Å². The Bertz CT molecular complexity index is 1570. The Morgan fingerprint density at radius 2 is 1.33 bits per heavy atom. The number of methoxy groups -OCH3 is 1. The van der Waals surface area contributed by atoms with Crippen molar-refractivity contribution in [3.63, 3.8) is 0 Å². The van der Waals surface area contributed by atoms with E-state index in [4.69, 9.17) is 17.0 Å². The van der Waals surface area contributed by atoms with Crippen molar-refractivity contribution in [2.24, 2.45) is 0 Å². The summed E-state index contributed by atoms with van der Waals surface area (Å²) in [6.07, 6.45) is 0. The zero-order valence-corrected chi connectivity index (χ0v) is 24.8. The molecular weight excluding hydrogens is 569 g/mol. The second kappa shape index (κ2) is 13.3. The van der Waals surface area contributed by atoms with Crippen LogP contribution in [0.4, 0.5) is 5.69 Å². The highest BCUT2D eigenvalue weighted by Crippen LogP contribution is 2.30. The van der Waals surface area contributed by atoms with Crippen LogP contribution in [0, 0.1) is 0 Å². The van der Waals surface area contributed by atoms with Gasteiger partial charge in [-0.05, 0) is 71.9 Å². The molecule has 0 bridgehead atoms. The highest BCUT2D eigenvalue weighted by Gasteiger charge is 2.32. The molecule has 1 aliphatic rings. The molecule has 2 N–H and O–H groups in total. The van der Waals surface area contributed by atoms with Crippen molar-refractivity contribution < 1.29 is 17.9 Å². The van der Waals surface area contributed by atoms with Crippen LogP contribution in [-0.4, -0.2) is 61.9 Å². The molecule has 8 nitrogen and oxygen atoms in total. The van der Waals surface area contributed by atoms with Crippen molar-refractivity contribution in [3.05, 3.63) is 126 Å². The fourth-order valence-corrected chi connectivity index (χ4v) is 6.66. The van der Waals surface area contributed by atoms with E-state index in [2.05, 4.69) is 39.8 Å². The summed E-state index contributed by atoms with van der Waals surface area (Å²) in [6.45, 7) is 1.99. The van der Waals surface area contributed by atoms with E-state index in [-0.39, 0.29) is 22.0 Å². The SMILES string of the molecule is COc1ccc(C(=O)NC(=S)Nc2ccc(S(=O)(=O)N3CCN(C(c4ccccc4)c4ccccc4)CC3)cc2)cc1. The zero-order chi connectivity index (χ0) is 29.5. The van der Waals surface area contributed by atoms with E-state index >= 15 is 0 Å². The quantitative estimate of drug-likeness (QED) is 0.278. The van der Waals surface area contributed by atoms with Gasteiger partial charge in [0, 0.05) is 37.4 Å². The summed E-state index contributed by atoms with van der Waals surface area (Å²) >= 11 is 5.27. The Hall–Kier alpha value is -4.09. The van der Waals surface area contributed by atoms with Crippen molar-refractivity contribution >= 4 is 38.9 Å². The van der Waals surface area contributed by atoms with E-state index in [1.54, 1.807) is 59.9 Å². The predicted octanol–water partition coefficient (Wildman–Crippen LogP) is 4.92. The van der Waals surface area contributed by atoms with Gasteiger partial charge in [-0.1, -0.05) is 60.7 Å². The lowest BCUT2D eigenvalue weighted by Crippen LogP contribution is -2.49. The van der Waals surface area contributed by atoms with Crippen molar-refractivity contribution in [2.75, 3.05) is 38.6 Å². The molecule has 0 saturated carbocycles. The Kier molecular flexibility index (Phi) is 9.28. The summed E-state index contributed by atoms with van der Waals surface area (Å²) in [5.41, 5.74) is 3.36. The second-order valence-electron chi connectivity index (χ2n) is 9.83. The minimum absolute atomic E-state index is 0.0525. The molecule has 216 valence electrons. The van der Waals surface area contributed by atoms with Gasteiger partial charge in [-0.3, -0.25) is 15.0 Å². The van der Waals surface area contributed by atoms with Gasteiger partial charge in [0.25, 0.3) is 5.91 Å². The third-order valence-electron chi connectivity index (χ3n) is 7.20. The molecule has 0 unspecified atom stereocenters. The number of nitrogens with zero attached hydrogens (tertiary/aromatic N) is 2. The number of amides is 1. The molecule has 1 saturated heterocycles. The van der Waals surface area contributed by atoms with Crippen LogP contribution in [0.2, 0.25) is 0 Å². The van der Waals surface area contributed by atoms with E-state index in [0.717, 1.165) is 0 Å². The number of rotatable bonds is 8. The average Bonchev–Trinajstić information content (AvgIpc) is 3.03. The first-order valence-electron chi connectivity index (χ1n) is 13.6. The summed E-state index contributed by atoms with van der Waals surface area (Å²) in [5.74, 6) is 0.281. The number of hydrogen-bond acceptors (Lipinski definition) is 6. The summed E-state index contributed by atoms with van der Waals surface area (Å²) in [5, 5.41) is 5.66. The van der Waals surface area contributed by atoms with E-state index in [0.29, 0.717) is 43.2 Å². The van der Waals surface area contributed by atoms with Gasteiger partial charge in [0.05, 0.1) is 18.0 Å². The number of sulfonamides is 1. The number of carbonyl (C=O) groups is 1. The average molecular weight is 601 g/mol. The summed E-state index contributed by atoms with van der Waals surface area (Å²) < 4.78 is 33.6. The lowest BCUT2D eigenvalue weighted by atomic mass is 9.96. The molecule has 4 aromatic carbocycles. The van der Waals surface area contributed by atoms with Crippen molar-refractivity contribution in [1.82, 2.24) is 14.5 Å². The fraction of sp³-hybridized carbons (Fsp3) is 0.188. The maximum atomic E-state index is 13.5. The molecular formula is C32H32N4O4S2. The standard InChI is InChI=1S/C32H32N4O4S2/c1-40-28-16-12-26(13-17-28)31(37)34-32(41)33-27-14-18-29(19-15-27)42(38,39)36-22-20-35(21-23-36)30(24-8-4-2-5-9-24)25-10-6-3-7-11-25/h2-19,30H,20-23H2,1H3,(H2,33,34,37,41). The number of piperazine rings is 1. The molecule has 0 spiro atoms.